The van der Waals surface area contributed by atoms with Gasteiger partial charge in [-0.1, -0.05) is 39.0 Å². The maximum atomic E-state index is 11.1. The number of fused-ring (bicyclic) bond motifs is 1. The van der Waals surface area contributed by atoms with Crippen molar-refractivity contribution < 1.29 is 4.92 Å². The van der Waals surface area contributed by atoms with Crippen molar-refractivity contribution in [3.05, 3.63) is 40.6 Å². The van der Waals surface area contributed by atoms with Crippen molar-refractivity contribution in [1.82, 2.24) is 4.98 Å². The maximum absolute atomic E-state index is 11.1. The van der Waals surface area contributed by atoms with Crippen LogP contribution >= 0.6 is 0 Å². The van der Waals surface area contributed by atoms with E-state index in [4.69, 9.17) is 0 Å². The van der Waals surface area contributed by atoms with Crippen LogP contribution in [0.3, 0.4) is 0 Å². The lowest BCUT2D eigenvalue weighted by Crippen LogP contribution is -2.19. The van der Waals surface area contributed by atoms with Gasteiger partial charge in [0.15, 0.2) is 0 Å². The van der Waals surface area contributed by atoms with Crippen LogP contribution in [0.2, 0.25) is 0 Å². The summed E-state index contributed by atoms with van der Waals surface area (Å²) in [5.74, 6) is 0. The zero-order valence-corrected chi connectivity index (χ0v) is 11.3. The summed E-state index contributed by atoms with van der Waals surface area (Å²) < 4.78 is 0. The van der Waals surface area contributed by atoms with Crippen molar-refractivity contribution in [2.75, 3.05) is 11.9 Å². The molecule has 0 saturated carbocycles. The van der Waals surface area contributed by atoms with E-state index in [0.29, 0.717) is 12.2 Å². The molecule has 2 rings (SSSR count). The molecule has 100 valence electrons. The van der Waals surface area contributed by atoms with Crippen molar-refractivity contribution in [3.8, 4) is 0 Å². The van der Waals surface area contributed by atoms with Crippen LogP contribution in [0.5, 0.6) is 0 Å². The molecule has 1 aromatic carbocycles. The molecule has 0 unspecified atom stereocenters. The lowest BCUT2D eigenvalue weighted by Gasteiger charge is -2.20. The van der Waals surface area contributed by atoms with Gasteiger partial charge in [0, 0.05) is 11.9 Å². The number of pyridine rings is 1. The molecule has 0 fully saturated rings. The minimum Gasteiger partial charge on any atom is -0.378 e. The lowest BCUT2D eigenvalue weighted by molar-refractivity contribution is -0.384. The summed E-state index contributed by atoms with van der Waals surface area (Å²) in [5, 5.41) is 15.1. The first kappa shape index (κ1) is 13.3. The van der Waals surface area contributed by atoms with Crippen molar-refractivity contribution in [2.45, 2.75) is 20.8 Å². The van der Waals surface area contributed by atoms with Gasteiger partial charge in [0.05, 0.1) is 10.4 Å². The Bertz CT molecular complexity index is 618. The molecular weight excluding hydrogens is 242 g/mol. The fourth-order valence-corrected chi connectivity index (χ4v) is 1.81. The molecule has 5 heteroatoms. The minimum atomic E-state index is -0.398. The molecule has 1 N–H and O–H groups in total. The Morgan fingerprint density at radius 1 is 1.32 bits per heavy atom. The van der Waals surface area contributed by atoms with Crippen LogP contribution in [-0.4, -0.2) is 16.5 Å². The molecule has 0 spiro atoms. The smallest absolute Gasteiger partial charge is 0.311 e. The Kier molecular flexibility index (Phi) is 3.38. The monoisotopic (exact) mass is 259 g/mol. The summed E-state index contributed by atoms with van der Waals surface area (Å²) in [6.07, 6.45) is 1.31. The highest BCUT2D eigenvalue weighted by Crippen LogP contribution is 2.32. The number of aromatic nitrogens is 1. The number of para-hydroxylation sites is 1. The standard InChI is InChI=1S/C14H17N3O2/c1-14(2,3)9-16-13-10-6-4-5-7-11(10)15-8-12(13)17(18)19/h4-8H,9H2,1-3H3,(H,15,16). The van der Waals surface area contributed by atoms with Crippen molar-refractivity contribution in [3.63, 3.8) is 0 Å². The number of nitrogens with one attached hydrogen (secondary N) is 1. The number of nitro groups is 1. The highest BCUT2D eigenvalue weighted by atomic mass is 16.6. The molecule has 0 aliphatic carbocycles. The Hall–Kier alpha value is -2.17. The highest BCUT2D eigenvalue weighted by molar-refractivity contribution is 5.95. The van der Waals surface area contributed by atoms with Crippen LogP contribution in [0.4, 0.5) is 11.4 Å². The van der Waals surface area contributed by atoms with Crippen LogP contribution in [0.25, 0.3) is 10.9 Å². The Labute approximate surface area is 111 Å². The van der Waals surface area contributed by atoms with Gasteiger partial charge in [0.25, 0.3) is 0 Å². The van der Waals surface area contributed by atoms with Gasteiger partial charge in [-0.15, -0.1) is 0 Å². The van der Waals surface area contributed by atoms with Crippen LogP contribution in [-0.2, 0) is 0 Å². The molecule has 2 aromatic rings. The topological polar surface area (TPSA) is 68.1 Å². The second-order valence-electron chi connectivity index (χ2n) is 5.71. The highest BCUT2D eigenvalue weighted by Gasteiger charge is 2.19. The van der Waals surface area contributed by atoms with Gasteiger partial charge in [0.1, 0.15) is 11.9 Å². The zero-order chi connectivity index (χ0) is 14.0. The van der Waals surface area contributed by atoms with Crippen LogP contribution in [0, 0.1) is 15.5 Å². The van der Waals surface area contributed by atoms with Crippen molar-refractivity contribution >= 4 is 22.3 Å². The van der Waals surface area contributed by atoms with Crippen LogP contribution in [0.1, 0.15) is 20.8 Å². The molecule has 0 saturated heterocycles. The molecule has 0 aliphatic heterocycles. The summed E-state index contributed by atoms with van der Waals surface area (Å²) in [5.41, 5.74) is 1.36. The van der Waals surface area contributed by atoms with E-state index in [1.54, 1.807) is 0 Å². The van der Waals surface area contributed by atoms with Crippen LogP contribution < -0.4 is 5.32 Å². The third-order valence-electron chi connectivity index (χ3n) is 2.75. The molecule has 0 bridgehead atoms. The number of benzene rings is 1. The van der Waals surface area contributed by atoms with Gasteiger partial charge in [-0.25, -0.2) is 4.98 Å². The van der Waals surface area contributed by atoms with Gasteiger partial charge >= 0.3 is 5.69 Å². The first-order valence-corrected chi connectivity index (χ1v) is 6.14. The van der Waals surface area contributed by atoms with E-state index < -0.39 is 4.92 Å². The number of nitrogens with zero attached hydrogens (tertiary/aromatic N) is 2. The Morgan fingerprint density at radius 2 is 2.00 bits per heavy atom. The Morgan fingerprint density at radius 3 is 2.63 bits per heavy atom. The van der Waals surface area contributed by atoms with E-state index >= 15 is 0 Å². The quantitative estimate of drug-likeness (QED) is 0.675. The summed E-state index contributed by atoms with van der Waals surface area (Å²) in [6, 6.07) is 7.42. The fraction of sp³-hybridized carbons (Fsp3) is 0.357. The summed E-state index contributed by atoms with van der Waals surface area (Å²) in [6.45, 7) is 6.89. The van der Waals surface area contributed by atoms with E-state index in [1.807, 2.05) is 24.3 Å². The Balaban J connectivity index is 2.53. The predicted octanol–water partition coefficient (Wildman–Crippen LogP) is 3.60. The second kappa shape index (κ2) is 4.84. The molecule has 0 aliphatic rings. The molecule has 5 nitrogen and oxygen atoms in total. The van der Waals surface area contributed by atoms with Gasteiger partial charge < -0.3 is 5.32 Å². The number of hydrogen-bond acceptors (Lipinski definition) is 4. The molecule has 1 aromatic heterocycles. The van der Waals surface area contributed by atoms with E-state index in [-0.39, 0.29) is 11.1 Å². The SMILES string of the molecule is CC(C)(C)CNc1c([N+](=O)[O-])cnc2ccccc12. The molecule has 0 amide bonds. The molecule has 19 heavy (non-hydrogen) atoms. The van der Waals surface area contributed by atoms with E-state index in [9.17, 15) is 10.1 Å². The van der Waals surface area contributed by atoms with E-state index in [1.165, 1.54) is 6.20 Å². The van der Waals surface area contributed by atoms with Crippen molar-refractivity contribution in [2.24, 2.45) is 5.41 Å². The second-order valence-corrected chi connectivity index (χ2v) is 5.71. The first-order chi connectivity index (χ1) is 8.88. The summed E-state index contributed by atoms with van der Waals surface area (Å²) in [7, 11) is 0. The number of anilines is 1. The number of rotatable bonds is 3. The molecule has 1 heterocycles. The largest absolute Gasteiger partial charge is 0.378 e. The number of hydrogen-bond donors (Lipinski definition) is 1. The summed E-state index contributed by atoms with van der Waals surface area (Å²) >= 11 is 0. The molecule has 0 radical (unpaired) electrons. The third-order valence-corrected chi connectivity index (χ3v) is 2.75. The molecule has 0 atom stereocenters. The maximum Gasteiger partial charge on any atom is 0.311 e. The van der Waals surface area contributed by atoms with E-state index in [2.05, 4.69) is 31.1 Å². The van der Waals surface area contributed by atoms with Crippen molar-refractivity contribution in [1.29, 1.82) is 0 Å². The first-order valence-electron chi connectivity index (χ1n) is 6.14. The predicted molar refractivity (Wildman–Crippen MR) is 76.3 cm³/mol. The summed E-state index contributed by atoms with van der Waals surface area (Å²) in [4.78, 5) is 14.8. The van der Waals surface area contributed by atoms with Gasteiger partial charge in [0.2, 0.25) is 0 Å². The third kappa shape index (κ3) is 2.99. The molecular formula is C14H17N3O2. The normalized spacial score (nSPS) is 11.5. The average Bonchev–Trinajstić information content (AvgIpc) is 2.34. The van der Waals surface area contributed by atoms with Crippen LogP contribution in [0.15, 0.2) is 30.5 Å². The lowest BCUT2D eigenvalue weighted by atomic mass is 9.96. The van der Waals surface area contributed by atoms with Gasteiger partial charge in [-0.05, 0) is 11.5 Å². The van der Waals surface area contributed by atoms with Gasteiger partial charge in [-0.3, -0.25) is 10.1 Å². The zero-order valence-electron chi connectivity index (χ0n) is 11.3. The fourth-order valence-electron chi connectivity index (χ4n) is 1.81. The van der Waals surface area contributed by atoms with E-state index in [0.717, 1.165) is 10.9 Å². The average molecular weight is 259 g/mol. The minimum absolute atomic E-state index is 0.0166. The van der Waals surface area contributed by atoms with Gasteiger partial charge in [-0.2, -0.15) is 0 Å².